The molecule has 0 saturated heterocycles. The number of rotatable bonds is 3. The molecule has 1 aromatic rings. The van der Waals surface area contributed by atoms with Gasteiger partial charge in [0, 0.05) is 5.69 Å². The van der Waals surface area contributed by atoms with Gasteiger partial charge in [0.2, 0.25) is 0 Å². The largest absolute Gasteiger partial charge is 0.481 e. The molecule has 1 N–H and O–H groups in total. The quantitative estimate of drug-likeness (QED) is 0.858. The fourth-order valence-electron chi connectivity index (χ4n) is 1.50. The van der Waals surface area contributed by atoms with Crippen molar-refractivity contribution in [3.8, 4) is 0 Å². The van der Waals surface area contributed by atoms with Gasteiger partial charge < -0.3 is 5.11 Å². The van der Waals surface area contributed by atoms with Crippen molar-refractivity contribution >= 4 is 5.97 Å². The molecule has 100 valence electrons. The third-order valence-corrected chi connectivity index (χ3v) is 2.16. The van der Waals surface area contributed by atoms with Crippen LogP contribution in [0.15, 0.2) is 6.07 Å². The Bertz CT molecular complexity index is 470. The number of aliphatic carboxylic acids is 1. The number of nitrogens with zero attached hydrogens (tertiary/aromatic N) is 1. The zero-order valence-electron chi connectivity index (χ0n) is 9.05. The number of hydrogen-bond acceptors (Lipinski definition) is 2. The highest BCUT2D eigenvalue weighted by molar-refractivity contribution is 5.69. The topological polar surface area (TPSA) is 50.2 Å². The molecule has 0 aliphatic heterocycles. The minimum Gasteiger partial charge on any atom is -0.481 e. The molecule has 0 fully saturated rings. The smallest absolute Gasteiger partial charge is 0.417 e. The fraction of sp³-hybridized carbons (Fsp3) is 0.400. The minimum absolute atomic E-state index is 0.350. The van der Waals surface area contributed by atoms with E-state index in [4.69, 9.17) is 5.11 Å². The fourth-order valence-corrected chi connectivity index (χ4v) is 1.50. The van der Waals surface area contributed by atoms with E-state index in [0.717, 1.165) is 6.92 Å². The van der Waals surface area contributed by atoms with Gasteiger partial charge in [0.1, 0.15) is 0 Å². The molecule has 0 unspecified atom stereocenters. The Labute approximate surface area is 98.3 Å². The third kappa shape index (κ3) is 3.14. The molecule has 1 rings (SSSR count). The van der Waals surface area contributed by atoms with E-state index in [1.54, 1.807) is 0 Å². The van der Waals surface area contributed by atoms with Gasteiger partial charge in [-0.05, 0) is 13.0 Å². The van der Waals surface area contributed by atoms with Crippen LogP contribution in [-0.2, 0) is 17.4 Å². The zero-order chi connectivity index (χ0) is 14.1. The second-order valence-electron chi connectivity index (χ2n) is 3.53. The Morgan fingerprint density at radius 1 is 1.44 bits per heavy atom. The highest BCUT2D eigenvalue weighted by Gasteiger charge is 2.37. The van der Waals surface area contributed by atoms with Gasteiger partial charge in [-0.25, -0.2) is 8.78 Å². The van der Waals surface area contributed by atoms with Crippen molar-refractivity contribution in [1.29, 1.82) is 0 Å². The van der Waals surface area contributed by atoms with Crippen LogP contribution in [0.5, 0.6) is 0 Å². The van der Waals surface area contributed by atoms with Gasteiger partial charge >= 0.3 is 12.1 Å². The Morgan fingerprint density at radius 3 is 2.39 bits per heavy atom. The van der Waals surface area contributed by atoms with E-state index in [9.17, 15) is 26.7 Å². The Hall–Kier alpha value is -1.73. The lowest BCUT2D eigenvalue weighted by Crippen LogP contribution is -2.15. The van der Waals surface area contributed by atoms with Crippen LogP contribution in [0, 0.1) is 6.92 Å². The first kappa shape index (κ1) is 14.3. The van der Waals surface area contributed by atoms with E-state index in [0.29, 0.717) is 6.07 Å². The lowest BCUT2D eigenvalue weighted by atomic mass is 10.0. The average molecular weight is 269 g/mol. The van der Waals surface area contributed by atoms with Gasteiger partial charge in [-0.2, -0.15) is 13.2 Å². The van der Waals surface area contributed by atoms with Crippen molar-refractivity contribution in [2.45, 2.75) is 25.9 Å². The summed E-state index contributed by atoms with van der Waals surface area (Å²) in [6, 6.07) is 0.350. The molecule has 8 heteroatoms. The molecule has 0 atom stereocenters. The molecule has 0 saturated carbocycles. The molecule has 1 heterocycles. The second kappa shape index (κ2) is 4.87. The first-order chi connectivity index (χ1) is 8.12. The maximum atomic E-state index is 12.6. The van der Waals surface area contributed by atoms with Crippen LogP contribution in [0.2, 0.25) is 0 Å². The van der Waals surface area contributed by atoms with Gasteiger partial charge in [0.05, 0.1) is 23.2 Å². The molecular formula is C10H8F5NO2. The van der Waals surface area contributed by atoms with Crippen LogP contribution in [0.25, 0.3) is 0 Å². The van der Waals surface area contributed by atoms with E-state index in [1.807, 2.05) is 0 Å². The number of aryl methyl sites for hydroxylation is 1. The minimum atomic E-state index is -4.98. The molecule has 0 aliphatic carbocycles. The van der Waals surface area contributed by atoms with Gasteiger partial charge in [-0.15, -0.1) is 0 Å². The van der Waals surface area contributed by atoms with Crippen molar-refractivity contribution in [2.75, 3.05) is 0 Å². The van der Waals surface area contributed by atoms with Crippen molar-refractivity contribution in [2.24, 2.45) is 0 Å². The van der Waals surface area contributed by atoms with Gasteiger partial charge in [-0.1, -0.05) is 0 Å². The van der Waals surface area contributed by atoms with E-state index in [1.165, 1.54) is 0 Å². The molecule has 1 aromatic heterocycles. The molecule has 0 bridgehead atoms. The van der Waals surface area contributed by atoms with Crippen molar-refractivity contribution in [3.63, 3.8) is 0 Å². The van der Waals surface area contributed by atoms with Crippen LogP contribution >= 0.6 is 0 Å². The third-order valence-electron chi connectivity index (χ3n) is 2.16. The summed E-state index contributed by atoms with van der Waals surface area (Å²) in [6.07, 6.45) is -9.06. The number of carboxylic acids is 1. The number of carbonyl (C=O) groups is 1. The molecular weight excluding hydrogens is 261 g/mol. The number of alkyl halides is 5. The molecule has 0 amide bonds. The summed E-state index contributed by atoms with van der Waals surface area (Å²) in [7, 11) is 0. The lowest BCUT2D eigenvalue weighted by Gasteiger charge is -2.15. The van der Waals surface area contributed by atoms with Crippen LogP contribution < -0.4 is 0 Å². The summed E-state index contributed by atoms with van der Waals surface area (Å²) < 4.78 is 62.9. The number of halogens is 5. The van der Waals surface area contributed by atoms with Crippen LogP contribution in [0.4, 0.5) is 22.0 Å². The number of pyridine rings is 1. The van der Waals surface area contributed by atoms with E-state index in [-0.39, 0.29) is 0 Å². The van der Waals surface area contributed by atoms with Crippen LogP contribution in [-0.4, -0.2) is 16.1 Å². The summed E-state index contributed by atoms with van der Waals surface area (Å²) in [5, 5.41) is 8.46. The first-order valence-corrected chi connectivity index (χ1v) is 4.70. The first-order valence-electron chi connectivity index (χ1n) is 4.70. The van der Waals surface area contributed by atoms with Crippen molar-refractivity contribution in [1.82, 2.24) is 4.98 Å². The average Bonchev–Trinajstić information content (AvgIpc) is 2.12. The summed E-state index contributed by atoms with van der Waals surface area (Å²) in [4.78, 5) is 13.8. The zero-order valence-corrected chi connectivity index (χ0v) is 9.05. The molecule has 0 spiro atoms. The summed E-state index contributed by atoms with van der Waals surface area (Å²) in [5.74, 6) is -1.39. The number of carboxylic acid groups (broad SMARTS) is 1. The second-order valence-corrected chi connectivity index (χ2v) is 3.53. The van der Waals surface area contributed by atoms with Crippen molar-refractivity contribution < 1.29 is 31.9 Å². The van der Waals surface area contributed by atoms with E-state index in [2.05, 4.69) is 4.98 Å². The molecule has 0 aliphatic rings. The highest BCUT2D eigenvalue weighted by atomic mass is 19.4. The number of aromatic nitrogens is 1. The van der Waals surface area contributed by atoms with Gasteiger partial charge in [0.25, 0.3) is 6.43 Å². The lowest BCUT2D eigenvalue weighted by molar-refractivity contribution is -0.140. The van der Waals surface area contributed by atoms with Gasteiger partial charge in [0.15, 0.2) is 0 Å². The Balaban J connectivity index is 3.42. The predicted octanol–water partition coefficient (Wildman–Crippen LogP) is 2.97. The summed E-state index contributed by atoms with van der Waals surface area (Å²) in [5.41, 5.74) is -3.68. The summed E-state index contributed by atoms with van der Waals surface area (Å²) in [6.45, 7) is 0.988. The monoisotopic (exact) mass is 269 g/mol. The van der Waals surface area contributed by atoms with Crippen LogP contribution in [0.1, 0.15) is 28.9 Å². The SMILES string of the molecule is Cc1nc(CC(=O)O)cc(C(F)(F)F)c1C(F)F. The molecule has 18 heavy (non-hydrogen) atoms. The Kier molecular flexibility index (Phi) is 3.88. The van der Waals surface area contributed by atoms with E-state index >= 15 is 0 Å². The molecule has 0 radical (unpaired) electrons. The maximum Gasteiger partial charge on any atom is 0.417 e. The standard InChI is InChI=1S/C10H8F5NO2/c1-4-8(9(11)12)6(10(13,14)15)2-5(16-4)3-7(17)18/h2,9H,3H2,1H3,(H,17,18). The normalized spacial score (nSPS) is 11.9. The van der Waals surface area contributed by atoms with E-state index < -0.39 is 47.5 Å². The number of hydrogen-bond donors (Lipinski definition) is 1. The molecule has 0 aromatic carbocycles. The highest BCUT2D eigenvalue weighted by Crippen LogP contribution is 2.37. The molecule has 3 nitrogen and oxygen atoms in total. The maximum absolute atomic E-state index is 12.6. The Morgan fingerprint density at radius 2 is 2.00 bits per heavy atom. The summed E-state index contributed by atoms with van der Waals surface area (Å²) >= 11 is 0. The predicted molar refractivity (Wildman–Crippen MR) is 50.3 cm³/mol. The van der Waals surface area contributed by atoms with Crippen molar-refractivity contribution in [3.05, 3.63) is 28.6 Å². The van der Waals surface area contributed by atoms with Crippen LogP contribution in [0.3, 0.4) is 0 Å². The van der Waals surface area contributed by atoms with Gasteiger partial charge in [-0.3, -0.25) is 9.78 Å².